The van der Waals surface area contributed by atoms with Crippen LogP contribution in [0.4, 0.5) is 10.2 Å². The molecule has 2 aromatic heterocycles. The second-order valence-electron chi connectivity index (χ2n) is 6.62. The molecule has 2 N–H and O–H groups in total. The predicted octanol–water partition coefficient (Wildman–Crippen LogP) is 3.44. The van der Waals surface area contributed by atoms with Gasteiger partial charge in [0, 0.05) is 24.4 Å². The average molecular weight is 353 g/mol. The Morgan fingerprint density at radius 1 is 1.23 bits per heavy atom. The van der Waals surface area contributed by atoms with Gasteiger partial charge in [-0.3, -0.25) is 4.98 Å². The van der Waals surface area contributed by atoms with Gasteiger partial charge in [0.1, 0.15) is 12.4 Å². The zero-order valence-corrected chi connectivity index (χ0v) is 14.5. The second-order valence-corrected chi connectivity index (χ2v) is 6.62. The number of rotatable bonds is 5. The van der Waals surface area contributed by atoms with Gasteiger partial charge in [-0.25, -0.2) is 14.4 Å². The largest absolute Gasteiger partial charge is 0.484 e. The van der Waals surface area contributed by atoms with Crippen molar-refractivity contribution in [3.8, 4) is 17.0 Å². The third kappa shape index (κ3) is 3.12. The summed E-state index contributed by atoms with van der Waals surface area (Å²) in [5.74, 6) is 0.516. The van der Waals surface area contributed by atoms with E-state index < -0.39 is 5.82 Å². The summed E-state index contributed by atoms with van der Waals surface area (Å²) in [7, 11) is 1.89. The Kier molecular flexibility index (Phi) is 4.28. The number of halogens is 1. The number of anilines is 1. The van der Waals surface area contributed by atoms with E-state index >= 15 is 4.39 Å². The Balaban J connectivity index is 1.70. The van der Waals surface area contributed by atoms with Crippen LogP contribution in [-0.2, 0) is 13.7 Å². The number of nitrogens with zero attached hydrogens (tertiary/aromatic N) is 4. The Bertz CT molecular complexity index is 918. The third-order valence-corrected chi connectivity index (χ3v) is 4.74. The molecule has 3 aromatic rings. The van der Waals surface area contributed by atoms with E-state index in [1.54, 1.807) is 12.4 Å². The lowest BCUT2D eigenvalue weighted by atomic mass is 9.79. The summed E-state index contributed by atoms with van der Waals surface area (Å²) >= 11 is 0. The number of nitrogen functional groups attached to an aromatic ring is 1. The SMILES string of the molecule is Cn1cnc(COc2c(C3CCC3)ccc(-c3cnc(N)cn3)c2F)c1. The normalized spacial score (nSPS) is 14.2. The summed E-state index contributed by atoms with van der Waals surface area (Å²) in [5, 5.41) is 0. The molecule has 1 aromatic carbocycles. The van der Waals surface area contributed by atoms with Crippen molar-refractivity contribution in [1.29, 1.82) is 0 Å². The molecule has 4 rings (SSSR count). The summed E-state index contributed by atoms with van der Waals surface area (Å²) in [6, 6.07) is 3.69. The Morgan fingerprint density at radius 3 is 2.69 bits per heavy atom. The monoisotopic (exact) mass is 353 g/mol. The molecule has 6 nitrogen and oxygen atoms in total. The molecule has 7 heteroatoms. The number of benzene rings is 1. The molecule has 0 atom stereocenters. The van der Waals surface area contributed by atoms with Gasteiger partial charge >= 0.3 is 0 Å². The minimum absolute atomic E-state index is 0.217. The van der Waals surface area contributed by atoms with Gasteiger partial charge in [0.2, 0.25) is 0 Å². The van der Waals surface area contributed by atoms with Crippen molar-refractivity contribution in [3.63, 3.8) is 0 Å². The molecule has 26 heavy (non-hydrogen) atoms. The molecule has 1 fully saturated rings. The van der Waals surface area contributed by atoms with Crippen LogP contribution < -0.4 is 10.5 Å². The number of aromatic nitrogens is 4. The van der Waals surface area contributed by atoms with Crippen LogP contribution >= 0.6 is 0 Å². The van der Waals surface area contributed by atoms with Crippen LogP contribution in [0, 0.1) is 5.82 Å². The van der Waals surface area contributed by atoms with Crippen molar-refractivity contribution >= 4 is 5.82 Å². The number of hydrogen-bond donors (Lipinski definition) is 1. The number of imidazole rings is 1. The second kappa shape index (κ2) is 6.74. The van der Waals surface area contributed by atoms with Gasteiger partial charge in [0.25, 0.3) is 0 Å². The first kappa shape index (κ1) is 16.5. The lowest BCUT2D eigenvalue weighted by molar-refractivity contribution is 0.275. The van der Waals surface area contributed by atoms with E-state index in [2.05, 4.69) is 15.0 Å². The molecule has 1 aliphatic rings. The van der Waals surface area contributed by atoms with Crippen molar-refractivity contribution in [3.05, 3.63) is 54.1 Å². The van der Waals surface area contributed by atoms with Gasteiger partial charge in [0.15, 0.2) is 11.6 Å². The first-order valence-electron chi connectivity index (χ1n) is 8.61. The number of nitrogens with two attached hydrogens (primary N) is 1. The lowest BCUT2D eigenvalue weighted by Crippen LogP contribution is -2.12. The molecule has 1 saturated carbocycles. The molecule has 1 aliphatic carbocycles. The first-order chi connectivity index (χ1) is 12.6. The van der Waals surface area contributed by atoms with E-state index in [0.717, 1.165) is 30.5 Å². The van der Waals surface area contributed by atoms with Crippen molar-refractivity contribution in [2.45, 2.75) is 31.8 Å². The van der Waals surface area contributed by atoms with Crippen molar-refractivity contribution in [1.82, 2.24) is 19.5 Å². The lowest BCUT2D eigenvalue weighted by Gasteiger charge is -2.28. The van der Waals surface area contributed by atoms with Crippen LogP contribution in [-0.4, -0.2) is 19.5 Å². The van der Waals surface area contributed by atoms with Crippen LogP contribution in [0.3, 0.4) is 0 Å². The smallest absolute Gasteiger partial charge is 0.174 e. The van der Waals surface area contributed by atoms with Gasteiger partial charge in [0.05, 0.1) is 30.1 Å². The Labute approximate surface area is 150 Å². The molecular weight excluding hydrogens is 333 g/mol. The Hall–Kier alpha value is -2.96. The van der Waals surface area contributed by atoms with E-state index in [9.17, 15) is 0 Å². The van der Waals surface area contributed by atoms with E-state index in [-0.39, 0.29) is 12.4 Å². The van der Waals surface area contributed by atoms with Crippen molar-refractivity contribution < 1.29 is 9.13 Å². The molecule has 0 spiro atoms. The fourth-order valence-corrected chi connectivity index (χ4v) is 3.12. The summed E-state index contributed by atoms with van der Waals surface area (Å²) in [4.78, 5) is 12.4. The van der Waals surface area contributed by atoms with E-state index in [0.29, 0.717) is 23.0 Å². The molecular formula is C19H20FN5O. The number of ether oxygens (including phenoxy) is 1. The van der Waals surface area contributed by atoms with Gasteiger partial charge in [-0.05, 0) is 24.8 Å². The Morgan fingerprint density at radius 2 is 2.08 bits per heavy atom. The molecule has 0 bridgehead atoms. The average Bonchev–Trinajstić information content (AvgIpc) is 2.99. The number of aryl methyl sites for hydroxylation is 1. The van der Waals surface area contributed by atoms with Gasteiger partial charge in [-0.1, -0.05) is 12.5 Å². The highest BCUT2D eigenvalue weighted by Crippen LogP contribution is 2.43. The summed E-state index contributed by atoms with van der Waals surface area (Å²) in [6.45, 7) is 0.217. The van der Waals surface area contributed by atoms with E-state index in [4.69, 9.17) is 10.5 Å². The molecule has 134 valence electrons. The minimum atomic E-state index is -0.413. The van der Waals surface area contributed by atoms with Gasteiger partial charge < -0.3 is 15.0 Å². The maximum absolute atomic E-state index is 15.3. The predicted molar refractivity (Wildman–Crippen MR) is 96.0 cm³/mol. The maximum Gasteiger partial charge on any atom is 0.174 e. The molecule has 0 amide bonds. The van der Waals surface area contributed by atoms with Crippen LogP contribution in [0.15, 0.2) is 37.1 Å². The molecule has 2 heterocycles. The van der Waals surface area contributed by atoms with Crippen LogP contribution in [0.25, 0.3) is 11.3 Å². The molecule has 0 saturated heterocycles. The summed E-state index contributed by atoms with van der Waals surface area (Å²) in [6.07, 6.45) is 9.72. The highest BCUT2D eigenvalue weighted by atomic mass is 19.1. The summed E-state index contributed by atoms with van der Waals surface area (Å²) < 4.78 is 23.0. The molecule has 0 unspecified atom stereocenters. The van der Waals surface area contributed by atoms with E-state index in [1.807, 2.05) is 23.9 Å². The highest BCUT2D eigenvalue weighted by molar-refractivity contribution is 5.64. The van der Waals surface area contributed by atoms with Crippen molar-refractivity contribution in [2.24, 2.45) is 7.05 Å². The quantitative estimate of drug-likeness (QED) is 0.760. The first-order valence-corrected chi connectivity index (χ1v) is 8.61. The van der Waals surface area contributed by atoms with E-state index in [1.165, 1.54) is 12.4 Å². The van der Waals surface area contributed by atoms with Crippen LogP contribution in [0.1, 0.15) is 36.4 Å². The fourth-order valence-electron chi connectivity index (χ4n) is 3.12. The zero-order valence-electron chi connectivity index (χ0n) is 14.5. The highest BCUT2D eigenvalue weighted by Gasteiger charge is 2.27. The number of hydrogen-bond acceptors (Lipinski definition) is 5. The minimum Gasteiger partial charge on any atom is -0.484 e. The molecule has 0 aliphatic heterocycles. The maximum atomic E-state index is 15.3. The van der Waals surface area contributed by atoms with Crippen LogP contribution in [0.5, 0.6) is 5.75 Å². The van der Waals surface area contributed by atoms with Gasteiger partial charge in [-0.2, -0.15) is 0 Å². The zero-order chi connectivity index (χ0) is 18.1. The van der Waals surface area contributed by atoms with Crippen LogP contribution in [0.2, 0.25) is 0 Å². The van der Waals surface area contributed by atoms with Crippen molar-refractivity contribution in [2.75, 3.05) is 5.73 Å². The fraction of sp³-hybridized carbons (Fsp3) is 0.316. The topological polar surface area (TPSA) is 78.8 Å². The molecule has 0 radical (unpaired) electrons. The standard InChI is InChI=1S/C19H20FN5O/c1-25-9-13(24-11-25)10-26-19-14(12-3-2-4-12)5-6-15(18(19)20)16-7-23-17(21)8-22-16/h5-9,11-12H,2-4,10H2,1H3,(H2,21,23). The summed E-state index contributed by atoms with van der Waals surface area (Å²) in [5.41, 5.74) is 8.03. The third-order valence-electron chi connectivity index (χ3n) is 4.74. The van der Waals surface area contributed by atoms with Gasteiger partial charge in [-0.15, -0.1) is 0 Å².